The van der Waals surface area contributed by atoms with Gasteiger partial charge in [-0.2, -0.15) is 0 Å². The third kappa shape index (κ3) is 2.49. The number of nitrogens with zero attached hydrogens (tertiary/aromatic N) is 3. The Kier molecular flexibility index (Phi) is 3.68. The van der Waals surface area contributed by atoms with Crippen LogP contribution in [-0.4, -0.2) is 28.0 Å². The van der Waals surface area contributed by atoms with Gasteiger partial charge in [0.15, 0.2) is 0 Å². The smallest absolute Gasteiger partial charge is 0.0486 e. The molecule has 1 aromatic carbocycles. The molecular formula is C23H27N3. The van der Waals surface area contributed by atoms with E-state index < -0.39 is 0 Å². The van der Waals surface area contributed by atoms with Gasteiger partial charge in [0, 0.05) is 53.4 Å². The molecule has 0 amide bonds. The van der Waals surface area contributed by atoms with Crippen molar-refractivity contribution >= 4 is 10.9 Å². The molecule has 2 unspecified atom stereocenters. The predicted molar refractivity (Wildman–Crippen MR) is 107 cm³/mol. The number of hydrogen-bond acceptors (Lipinski definition) is 2. The summed E-state index contributed by atoms with van der Waals surface area (Å²) in [5, 5.41) is 1.47. The average Bonchev–Trinajstić information content (AvgIpc) is 2.82. The maximum absolute atomic E-state index is 4.57. The van der Waals surface area contributed by atoms with Crippen molar-refractivity contribution in [1.82, 2.24) is 14.5 Å². The first-order valence-corrected chi connectivity index (χ1v) is 9.83. The highest BCUT2D eigenvalue weighted by Gasteiger charge is 2.34. The fourth-order valence-electron chi connectivity index (χ4n) is 5.08. The number of benzene rings is 1. The topological polar surface area (TPSA) is 21.1 Å². The molecule has 2 atom stereocenters. The van der Waals surface area contributed by atoms with Crippen LogP contribution in [0.15, 0.2) is 36.5 Å². The summed E-state index contributed by atoms with van der Waals surface area (Å²) in [6, 6.07) is 11.5. The van der Waals surface area contributed by atoms with Crippen LogP contribution in [0.3, 0.4) is 0 Å². The van der Waals surface area contributed by atoms with Crippen molar-refractivity contribution in [2.45, 2.75) is 51.6 Å². The first kappa shape index (κ1) is 16.1. The predicted octanol–water partition coefficient (Wildman–Crippen LogP) is 4.76. The molecule has 0 fully saturated rings. The molecule has 0 spiro atoms. The van der Waals surface area contributed by atoms with Crippen molar-refractivity contribution in [3.8, 4) is 0 Å². The Morgan fingerprint density at radius 2 is 1.96 bits per heavy atom. The van der Waals surface area contributed by atoms with Crippen molar-refractivity contribution in [3.63, 3.8) is 0 Å². The van der Waals surface area contributed by atoms with Crippen LogP contribution in [-0.2, 0) is 13.1 Å². The Morgan fingerprint density at radius 1 is 1.08 bits per heavy atom. The summed E-state index contributed by atoms with van der Waals surface area (Å²) in [6.07, 6.45) is 4.61. The Bertz CT molecular complexity index is 967. The van der Waals surface area contributed by atoms with Crippen molar-refractivity contribution < 1.29 is 0 Å². The Hall–Kier alpha value is -2.13. The second-order valence-electron chi connectivity index (χ2n) is 8.38. The fourth-order valence-corrected chi connectivity index (χ4v) is 5.08. The fraction of sp³-hybridized carbons (Fsp3) is 0.435. The zero-order valence-electron chi connectivity index (χ0n) is 16.0. The lowest BCUT2D eigenvalue weighted by molar-refractivity contribution is 0.313. The van der Waals surface area contributed by atoms with Crippen LogP contribution in [0.2, 0.25) is 0 Å². The zero-order chi connectivity index (χ0) is 17.8. The molecular weight excluding hydrogens is 318 g/mol. The number of fused-ring (bicyclic) bond motifs is 3. The quantitative estimate of drug-likeness (QED) is 0.634. The second kappa shape index (κ2) is 5.95. The number of rotatable bonds is 1. The summed E-state index contributed by atoms with van der Waals surface area (Å²) in [5.74, 6) is 1.22. The number of pyridine rings is 1. The van der Waals surface area contributed by atoms with E-state index in [9.17, 15) is 0 Å². The maximum atomic E-state index is 4.57. The summed E-state index contributed by atoms with van der Waals surface area (Å²) >= 11 is 0. The van der Waals surface area contributed by atoms with Crippen LogP contribution < -0.4 is 0 Å². The molecule has 0 saturated heterocycles. The van der Waals surface area contributed by atoms with Crippen LogP contribution in [0.4, 0.5) is 0 Å². The molecule has 0 N–H and O–H groups in total. The van der Waals surface area contributed by atoms with Crippen molar-refractivity contribution in [2.75, 3.05) is 13.6 Å². The van der Waals surface area contributed by atoms with E-state index in [-0.39, 0.29) is 0 Å². The third-order valence-electron chi connectivity index (χ3n) is 6.42. The highest BCUT2D eigenvalue weighted by atomic mass is 15.1. The normalized spacial score (nSPS) is 23.0. The Labute approximate surface area is 155 Å². The monoisotopic (exact) mass is 345 g/mol. The van der Waals surface area contributed by atoms with Crippen LogP contribution in [0, 0.1) is 13.8 Å². The van der Waals surface area contributed by atoms with Gasteiger partial charge in [0.1, 0.15) is 0 Å². The van der Waals surface area contributed by atoms with E-state index in [1.165, 1.54) is 41.4 Å². The summed E-state index contributed by atoms with van der Waals surface area (Å²) in [4.78, 5) is 7.07. The Morgan fingerprint density at radius 3 is 2.77 bits per heavy atom. The van der Waals surface area contributed by atoms with Gasteiger partial charge in [-0.1, -0.05) is 17.7 Å². The molecule has 2 aliphatic heterocycles. The lowest BCUT2D eigenvalue weighted by Gasteiger charge is -2.32. The second-order valence-corrected chi connectivity index (χ2v) is 8.38. The number of aryl methyl sites for hydroxylation is 2. The standard InChI is InChI=1S/C23H27N3/c1-15-4-7-22-20(10-15)21-14-25(3)9-8-17-11-19(13-26(22)23(17)21)18-6-5-16(2)24-12-18/h4-7,10,12,17,19H,8-9,11,13-14H2,1-3H3. The molecule has 2 aliphatic rings. The van der Waals surface area contributed by atoms with E-state index >= 15 is 0 Å². The first-order chi connectivity index (χ1) is 12.6. The van der Waals surface area contributed by atoms with E-state index in [1.807, 2.05) is 0 Å². The minimum Gasteiger partial charge on any atom is -0.343 e. The summed E-state index contributed by atoms with van der Waals surface area (Å²) < 4.78 is 2.64. The van der Waals surface area contributed by atoms with Crippen LogP contribution in [0.25, 0.3) is 10.9 Å². The molecule has 26 heavy (non-hydrogen) atoms. The third-order valence-corrected chi connectivity index (χ3v) is 6.42. The molecule has 0 radical (unpaired) electrons. The van der Waals surface area contributed by atoms with Gasteiger partial charge in [-0.25, -0.2) is 0 Å². The van der Waals surface area contributed by atoms with Crippen molar-refractivity contribution in [2.24, 2.45) is 0 Å². The molecule has 2 aromatic heterocycles. The highest BCUT2D eigenvalue weighted by Crippen LogP contribution is 2.45. The maximum Gasteiger partial charge on any atom is 0.0486 e. The molecule has 3 aromatic rings. The van der Waals surface area contributed by atoms with Gasteiger partial charge in [0.25, 0.3) is 0 Å². The van der Waals surface area contributed by atoms with Crippen molar-refractivity contribution in [3.05, 3.63) is 64.6 Å². The van der Waals surface area contributed by atoms with Gasteiger partial charge < -0.3 is 9.47 Å². The largest absolute Gasteiger partial charge is 0.343 e. The summed E-state index contributed by atoms with van der Waals surface area (Å²) in [6.45, 7) is 7.63. The zero-order valence-corrected chi connectivity index (χ0v) is 16.0. The minimum absolute atomic E-state index is 0.564. The first-order valence-electron chi connectivity index (χ1n) is 9.83. The van der Waals surface area contributed by atoms with E-state index in [4.69, 9.17) is 0 Å². The van der Waals surface area contributed by atoms with Crippen LogP contribution in [0.1, 0.15) is 52.8 Å². The minimum atomic E-state index is 0.564. The summed E-state index contributed by atoms with van der Waals surface area (Å²) in [5.41, 5.74) is 8.48. The molecule has 3 heteroatoms. The van der Waals surface area contributed by atoms with Gasteiger partial charge in [-0.05, 0) is 69.6 Å². The van der Waals surface area contributed by atoms with E-state index in [1.54, 1.807) is 11.3 Å². The van der Waals surface area contributed by atoms with E-state index in [0.29, 0.717) is 11.8 Å². The molecule has 3 nitrogen and oxygen atoms in total. The van der Waals surface area contributed by atoms with E-state index in [0.717, 1.165) is 18.8 Å². The van der Waals surface area contributed by atoms with Gasteiger partial charge in [0.2, 0.25) is 0 Å². The molecule has 0 saturated carbocycles. The van der Waals surface area contributed by atoms with Gasteiger partial charge in [-0.15, -0.1) is 0 Å². The van der Waals surface area contributed by atoms with Gasteiger partial charge >= 0.3 is 0 Å². The molecule has 5 rings (SSSR count). The molecule has 0 bridgehead atoms. The van der Waals surface area contributed by atoms with Crippen LogP contribution in [0.5, 0.6) is 0 Å². The Balaban J connectivity index is 1.68. The average molecular weight is 345 g/mol. The lowest BCUT2D eigenvalue weighted by atomic mass is 9.82. The molecule has 4 heterocycles. The highest BCUT2D eigenvalue weighted by molar-refractivity contribution is 5.87. The molecule has 0 aliphatic carbocycles. The summed E-state index contributed by atoms with van der Waals surface area (Å²) in [7, 11) is 2.27. The van der Waals surface area contributed by atoms with Crippen molar-refractivity contribution in [1.29, 1.82) is 0 Å². The van der Waals surface area contributed by atoms with Crippen LogP contribution >= 0.6 is 0 Å². The number of aromatic nitrogens is 2. The SMILES string of the molecule is Cc1ccc2c(c1)c1c3n2CC(c2ccc(C)nc2)CC3CCN(C)C1. The van der Waals surface area contributed by atoms with Gasteiger partial charge in [0.05, 0.1) is 0 Å². The number of hydrogen-bond donors (Lipinski definition) is 0. The van der Waals surface area contributed by atoms with Gasteiger partial charge in [-0.3, -0.25) is 4.98 Å². The van der Waals surface area contributed by atoms with E-state index in [2.05, 4.69) is 71.9 Å². The molecule has 134 valence electrons. The lowest BCUT2D eigenvalue weighted by Crippen LogP contribution is -2.23.